The number of thiazole rings is 1. The zero-order valence-electron chi connectivity index (χ0n) is 13.6. The Bertz CT molecular complexity index is 719. The molecule has 1 heterocycles. The number of alkyl halides is 3. The number of halogens is 4. The van der Waals surface area contributed by atoms with Crippen molar-refractivity contribution >= 4 is 34.8 Å². The maximum atomic E-state index is 12.7. The molecule has 0 fully saturated rings. The van der Waals surface area contributed by atoms with Gasteiger partial charge in [-0.1, -0.05) is 25.1 Å². The van der Waals surface area contributed by atoms with Gasteiger partial charge in [0.1, 0.15) is 0 Å². The first kappa shape index (κ1) is 21.4. The minimum atomic E-state index is -4.36. The maximum absolute atomic E-state index is 12.7. The lowest BCUT2D eigenvalue weighted by Gasteiger charge is -2.13. The van der Waals surface area contributed by atoms with Crippen LogP contribution in [0.2, 0.25) is 0 Å². The van der Waals surface area contributed by atoms with Crippen LogP contribution in [0.5, 0.6) is 0 Å². The zero-order chi connectivity index (χ0) is 17.9. The minimum Gasteiger partial charge on any atom is -0.327 e. The lowest BCUT2D eigenvalue weighted by molar-refractivity contribution is -0.137. The quantitative estimate of drug-likeness (QED) is 0.803. The summed E-state index contributed by atoms with van der Waals surface area (Å²) in [6.45, 7) is 3.46. The highest BCUT2D eigenvalue weighted by Crippen LogP contribution is 2.30. The van der Waals surface area contributed by atoms with Gasteiger partial charge >= 0.3 is 6.18 Å². The molecule has 1 aromatic carbocycles. The van der Waals surface area contributed by atoms with Gasteiger partial charge in [0, 0.05) is 23.5 Å². The first-order chi connectivity index (χ1) is 11.2. The molecule has 0 radical (unpaired) electrons. The van der Waals surface area contributed by atoms with Crippen molar-refractivity contribution in [2.75, 3.05) is 5.32 Å². The summed E-state index contributed by atoms with van der Waals surface area (Å²) in [7, 11) is 0. The molecule has 3 N–H and O–H groups in total. The van der Waals surface area contributed by atoms with Gasteiger partial charge in [-0.15, -0.1) is 23.7 Å². The first-order valence-corrected chi connectivity index (χ1v) is 8.15. The van der Waals surface area contributed by atoms with Gasteiger partial charge in [0.25, 0.3) is 0 Å². The van der Waals surface area contributed by atoms with Crippen molar-refractivity contribution in [1.29, 1.82) is 0 Å². The summed E-state index contributed by atoms with van der Waals surface area (Å²) in [4.78, 5) is 16.8. The number of hydrogen-bond acceptors (Lipinski definition) is 4. The predicted octanol–water partition coefficient (Wildman–Crippen LogP) is 4.10. The van der Waals surface area contributed by atoms with Crippen LogP contribution < -0.4 is 11.1 Å². The van der Waals surface area contributed by atoms with Gasteiger partial charge in [-0.25, -0.2) is 4.98 Å². The van der Waals surface area contributed by atoms with Crippen molar-refractivity contribution in [2.24, 2.45) is 11.7 Å². The van der Waals surface area contributed by atoms with Crippen LogP contribution in [0.4, 0.5) is 18.3 Å². The molecule has 2 unspecified atom stereocenters. The van der Waals surface area contributed by atoms with Crippen LogP contribution in [-0.4, -0.2) is 16.9 Å². The van der Waals surface area contributed by atoms with Crippen LogP contribution in [0.25, 0.3) is 0 Å². The number of anilines is 1. The van der Waals surface area contributed by atoms with Gasteiger partial charge in [-0.3, -0.25) is 4.79 Å². The maximum Gasteiger partial charge on any atom is 0.416 e. The summed E-state index contributed by atoms with van der Waals surface area (Å²) >= 11 is 1.23. The van der Waals surface area contributed by atoms with E-state index in [0.717, 1.165) is 17.0 Å². The summed E-state index contributed by atoms with van der Waals surface area (Å²) in [5.41, 5.74) is 5.54. The highest BCUT2D eigenvalue weighted by atomic mass is 35.5. The first-order valence-electron chi connectivity index (χ1n) is 7.34. The average molecular weight is 394 g/mol. The number of carbonyl (C=O) groups excluding carboxylic acids is 1. The molecule has 0 aliphatic rings. The SMILES string of the molecule is CC(N)C(C)C(=O)Nc1ncc(Cc2cccc(C(F)(F)F)c2)s1.Cl. The van der Waals surface area contributed by atoms with Gasteiger partial charge < -0.3 is 11.1 Å². The van der Waals surface area contributed by atoms with Crippen LogP contribution in [0.15, 0.2) is 30.5 Å². The fourth-order valence-electron chi connectivity index (χ4n) is 1.96. The third-order valence-electron chi connectivity index (χ3n) is 3.62. The van der Waals surface area contributed by atoms with Gasteiger partial charge in [0.05, 0.1) is 11.5 Å². The molecule has 0 aliphatic carbocycles. The molecule has 9 heteroatoms. The Morgan fingerprint density at radius 2 is 2.04 bits per heavy atom. The predicted molar refractivity (Wildman–Crippen MR) is 95.1 cm³/mol. The minimum absolute atomic E-state index is 0. The van der Waals surface area contributed by atoms with E-state index < -0.39 is 11.7 Å². The Morgan fingerprint density at radius 1 is 1.36 bits per heavy atom. The number of nitrogens with two attached hydrogens (primary N) is 1. The van der Waals surface area contributed by atoms with Gasteiger partial charge in [0.2, 0.25) is 5.91 Å². The van der Waals surface area contributed by atoms with Crippen molar-refractivity contribution in [1.82, 2.24) is 4.98 Å². The molecule has 0 saturated heterocycles. The number of nitrogens with one attached hydrogen (secondary N) is 1. The monoisotopic (exact) mass is 393 g/mol. The number of benzene rings is 1. The fraction of sp³-hybridized carbons (Fsp3) is 0.375. The van der Waals surface area contributed by atoms with E-state index in [1.165, 1.54) is 17.4 Å². The molecule has 0 saturated carbocycles. The van der Waals surface area contributed by atoms with Crippen LogP contribution >= 0.6 is 23.7 Å². The Balaban J connectivity index is 0.00000312. The standard InChI is InChI=1S/C16H18F3N3OS.ClH/c1-9(10(2)20)14(23)22-15-21-8-13(24-15)7-11-4-3-5-12(6-11)16(17,18)19;/h3-6,8-10H,7,20H2,1-2H3,(H,21,22,23);1H. The molecule has 0 bridgehead atoms. The smallest absolute Gasteiger partial charge is 0.327 e. The number of rotatable bonds is 5. The third-order valence-corrected chi connectivity index (χ3v) is 4.53. The van der Waals surface area contributed by atoms with E-state index in [1.54, 1.807) is 26.1 Å². The molecule has 2 atom stereocenters. The highest BCUT2D eigenvalue weighted by Gasteiger charge is 2.30. The van der Waals surface area contributed by atoms with E-state index in [4.69, 9.17) is 5.73 Å². The number of hydrogen-bond donors (Lipinski definition) is 2. The van der Waals surface area contributed by atoms with E-state index in [0.29, 0.717) is 17.1 Å². The lowest BCUT2D eigenvalue weighted by Crippen LogP contribution is -2.34. The molecule has 1 amide bonds. The topological polar surface area (TPSA) is 68.0 Å². The third kappa shape index (κ3) is 5.98. The molecule has 138 valence electrons. The molecular formula is C16H19ClF3N3OS. The second kappa shape index (κ2) is 8.64. The average Bonchev–Trinajstić information content (AvgIpc) is 2.92. The van der Waals surface area contributed by atoms with Crippen LogP contribution in [0.1, 0.15) is 29.9 Å². The number of carbonyl (C=O) groups is 1. The van der Waals surface area contributed by atoms with Gasteiger partial charge in [-0.2, -0.15) is 13.2 Å². The van der Waals surface area contributed by atoms with Crippen molar-refractivity contribution in [3.63, 3.8) is 0 Å². The van der Waals surface area contributed by atoms with Crippen LogP contribution in [0.3, 0.4) is 0 Å². The zero-order valence-corrected chi connectivity index (χ0v) is 15.3. The fourth-order valence-corrected chi connectivity index (χ4v) is 2.81. The molecule has 0 aliphatic heterocycles. The Labute approximate surface area is 154 Å². The molecule has 0 spiro atoms. The highest BCUT2D eigenvalue weighted by molar-refractivity contribution is 7.15. The van der Waals surface area contributed by atoms with E-state index in [1.807, 2.05) is 0 Å². The molecule has 2 aromatic rings. The van der Waals surface area contributed by atoms with Crippen molar-refractivity contribution in [3.05, 3.63) is 46.5 Å². The Kier molecular flexibility index (Phi) is 7.40. The van der Waals surface area contributed by atoms with E-state index in [2.05, 4.69) is 10.3 Å². The summed E-state index contributed by atoms with van der Waals surface area (Å²) in [6, 6.07) is 4.89. The van der Waals surface area contributed by atoms with Crippen LogP contribution in [0, 0.1) is 5.92 Å². The summed E-state index contributed by atoms with van der Waals surface area (Å²) in [5.74, 6) is -0.592. The van der Waals surface area contributed by atoms with Gasteiger partial charge in [-0.05, 0) is 18.6 Å². The second-order valence-corrected chi connectivity index (χ2v) is 6.76. The summed E-state index contributed by atoms with van der Waals surface area (Å²) in [6.07, 6.45) is -2.49. The van der Waals surface area contributed by atoms with Crippen molar-refractivity contribution in [3.8, 4) is 0 Å². The number of amides is 1. The normalized spacial score (nSPS) is 13.7. The van der Waals surface area contributed by atoms with Crippen LogP contribution in [-0.2, 0) is 17.4 Å². The van der Waals surface area contributed by atoms with Crippen molar-refractivity contribution < 1.29 is 18.0 Å². The number of aromatic nitrogens is 1. The molecule has 1 aromatic heterocycles. The lowest BCUT2D eigenvalue weighted by atomic mass is 10.0. The molecule has 4 nitrogen and oxygen atoms in total. The Hall–Kier alpha value is -1.64. The van der Waals surface area contributed by atoms with E-state index >= 15 is 0 Å². The molecular weight excluding hydrogens is 375 g/mol. The summed E-state index contributed by atoms with van der Waals surface area (Å²) < 4.78 is 38.2. The molecule has 2 rings (SSSR count). The Morgan fingerprint density at radius 3 is 2.64 bits per heavy atom. The van der Waals surface area contributed by atoms with E-state index in [9.17, 15) is 18.0 Å². The van der Waals surface area contributed by atoms with Crippen molar-refractivity contribution in [2.45, 2.75) is 32.5 Å². The van der Waals surface area contributed by atoms with E-state index in [-0.39, 0.29) is 30.3 Å². The largest absolute Gasteiger partial charge is 0.416 e. The molecule has 25 heavy (non-hydrogen) atoms. The number of nitrogens with zero attached hydrogens (tertiary/aromatic N) is 1. The second-order valence-electron chi connectivity index (χ2n) is 5.64. The summed E-state index contributed by atoms with van der Waals surface area (Å²) in [5, 5.41) is 3.08. The van der Waals surface area contributed by atoms with Gasteiger partial charge in [0.15, 0.2) is 5.13 Å².